The van der Waals surface area contributed by atoms with Gasteiger partial charge in [0, 0.05) is 30.1 Å². The summed E-state index contributed by atoms with van der Waals surface area (Å²) in [6.45, 7) is 1.08. The molecule has 0 bridgehead atoms. The van der Waals surface area contributed by atoms with Gasteiger partial charge < -0.3 is 30.1 Å². The van der Waals surface area contributed by atoms with Crippen molar-refractivity contribution in [3.8, 4) is 11.5 Å². The number of para-hydroxylation sites is 1. The maximum Gasteiger partial charge on any atom is 0.227 e. The summed E-state index contributed by atoms with van der Waals surface area (Å²) in [6, 6.07) is 15.2. The van der Waals surface area contributed by atoms with Gasteiger partial charge in [0.05, 0.1) is 25.8 Å². The Labute approximate surface area is 213 Å². The third-order valence-electron chi connectivity index (χ3n) is 6.16. The highest BCUT2D eigenvalue weighted by atomic mass is 16.5. The van der Waals surface area contributed by atoms with Crippen LogP contribution in [0.1, 0.15) is 12.8 Å². The number of fused-ring (bicyclic) bond motifs is 1. The number of hydrogen-bond donors (Lipinski definition) is 4. The fraction of sp³-hybridized carbons (Fsp3) is 0.308. The molecule has 2 aromatic heterocycles. The molecule has 2 aromatic carbocycles. The molecule has 1 saturated heterocycles. The first-order chi connectivity index (χ1) is 18.1. The molecular weight excluding hydrogens is 474 g/mol. The van der Waals surface area contributed by atoms with Gasteiger partial charge in [-0.25, -0.2) is 9.97 Å². The van der Waals surface area contributed by atoms with Crippen molar-refractivity contribution in [2.45, 2.75) is 18.9 Å². The Morgan fingerprint density at radius 1 is 1.03 bits per heavy atom. The van der Waals surface area contributed by atoms with Crippen molar-refractivity contribution in [2.24, 2.45) is 5.92 Å². The number of carbonyl (C=O) groups is 1. The summed E-state index contributed by atoms with van der Waals surface area (Å²) in [5.74, 6) is 3.59. The van der Waals surface area contributed by atoms with Crippen LogP contribution in [0.2, 0.25) is 0 Å². The first kappa shape index (κ1) is 24.3. The largest absolute Gasteiger partial charge is 0.497 e. The van der Waals surface area contributed by atoms with Gasteiger partial charge in [0.15, 0.2) is 17.5 Å². The van der Waals surface area contributed by atoms with Gasteiger partial charge in [-0.15, -0.1) is 0 Å². The third kappa shape index (κ3) is 5.56. The second-order valence-electron chi connectivity index (χ2n) is 8.87. The molecule has 1 saturated carbocycles. The van der Waals surface area contributed by atoms with Crippen LogP contribution >= 0.6 is 0 Å². The highest BCUT2D eigenvalue weighted by Gasteiger charge is 2.30. The van der Waals surface area contributed by atoms with E-state index in [0.717, 1.165) is 35.2 Å². The molecule has 0 radical (unpaired) electrons. The number of aromatic nitrogens is 4. The number of β-amino-alcohol motifs (C(OH)–C–C–N with tert-alkyl or cyclic N) is 1. The molecule has 1 aliphatic carbocycles. The lowest BCUT2D eigenvalue weighted by atomic mass is 10.1. The SMILES string of the molecule is COc1c(Nc2n[nH]c3ccccc23)ncnc1N1CC(O)C1.COc1ccc(NC(=O)C2CC2)cc1. The molecule has 0 unspecified atom stereocenters. The Morgan fingerprint density at radius 3 is 2.46 bits per heavy atom. The monoisotopic (exact) mass is 503 g/mol. The number of methoxy groups -OCH3 is 2. The standard InChI is InChI=1S/C15H16N6O2.C11H13NO2/c1-23-12-14(16-8-17-15(12)21-6-9(22)7-21)18-13-10-4-2-3-5-11(10)19-20-13;1-14-10-6-4-9(5-7-10)12-11(13)8-2-3-8/h2-5,8-9,22H,6-7H2,1H3,(H2,16,17,18,19,20);4-8H,2-3H2,1H3,(H,12,13). The van der Waals surface area contributed by atoms with Crippen molar-refractivity contribution >= 4 is 40.0 Å². The molecule has 1 aliphatic heterocycles. The van der Waals surface area contributed by atoms with Crippen LogP contribution in [0, 0.1) is 5.92 Å². The summed E-state index contributed by atoms with van der Waals surface area (Å²) in [5.41, 5.74) is 1.77. The number of anilines is 4. The molecule has 0 spiro atoms. The van der Waals surface area contributed by atoms with Crippen molar-refractivity contribution in [1.82, 2.24) is 20.2 Å². The van der Waals surface area contributed by atoms with Crippen LogP contribution in [0.3, 0.4) is 0 Å². The lowest BCUT2D eigenvalue weighted by Gasteiger charge is -2.37. The molecule has 2 fully saturated rings. The molecule has 192 valence electrons. The lowest BCUT2D eigenvalue weighted by molar-refractivity contribution is -0.117. The molecule has 3 heterocycles. The van der Waals surface area contributed by atoms with Crippen LogP contribution in [0.25, 0.3) is 10.9 Å². The van der Waals surface area contributed by atoms with E-state index in [-0.39, 0.29) is 17.9 Å². The van der Waals surface area contributed by atoms with E-state index in [4.69, 9.17) is 9.47 Å². The number of nitrogens with zero attached hydrogens (tertiary/aromatic N) is 4. The number of amides is 1. The fourth-order valence-electron chi connectivity index (χ4n) is 3.93. The maximum absolute atomic E-state index is 11.4. The summed E-state index contributed by atoms with van der Waals surface area (Å²) in [4.78, 5) is 21.9. The van der Waals surface area contributed by atoms with Crippen molar-refractivity contribution in [3.05, 3.63) is 54.9 Å². The molecule has 37 heavy (non-hydrogen) atoms. The summed E-state index contributed by atoms with van der Waals surface area (Å²) < 4.78 is 10.5. The van der Waals surface area contributed by atoms with Crippen molar-refractivity contribution < 1.29 is 19.4 Å². The van der Waals surface area contributed by atoms with Crippen LogP contribution in [-0.2, 0) is 4.79 Å². The smallest absolute Gasteiger partial charge is 0.227 e. The van der Waals surface area contributed by atoms with Gasteiger partial charge >= 0.3 is 0 Å². The number of ether oxygens (including phenoxy) is 2. The highest BCUT2D eigenvalue weighted by molar-refractivity contribution is 5.94. The minimum Gasteiger partial charge on any atom is -0.497 e. The van der Waals surface area contributed by atoms with E-state index in [1.54, 1.807) is 14.2 Å². The van der Waals surface area contributed by atoms with E-state index in [0.29, 0.717) is 36.3 Å². The number of hydrogen-bond acceptors (Lipinski definition) is 9. The van der Waals surface area contributed by atoms with Gasteiger partial charge in [-0.1, -0.05) is 12.1 Å². The molecule has 2 aliphatic rings. The minimum absolute atomic E-state index is 0.134. The van der Waals surface area contributed by atoms with Crippen LogP contribution in [0.15, 0.2) is 54.9 Å². The molecule has 11 nitrogen and oxygen atoms in total. The zero-order valence-electron chi connectivity index (χ0n) is 20.6. The predicted octanol–water partition coefficient (Wildman–Crippen LogP) is 3.33. The summed E-state index contributed by atoms with van der Waals surface area (Å²) in [6.07, 6.45) is 3.21. The van der Waals surface area contributed by atoms with E-state index in [2.05, 4.69) is 30.8 Å². The van der Waals surface area contributed by atoms with Crippen LogP contribution in [0.5, 0.6) is 11.5 Å². The van der Waals surface area contributed by atoms with Crippen LogP contribution in [0.4, 0.5) is 23.1 Å². The number of aliphatic hydroxyl groups excluding tert-OH is 1. The van der Waals surface area contributed by atoms with Gasteiger partial charge in [0.25, 0.3) is 0 Å². The van der Waals surface area contributed by atoms with Gasteiger partial charge in [-0.05, 0) is 49.2 Å². The van der Waals surface area contributed by atoms with Gasteiger partial charge in [-0.3, -0.25) is 9.89 Å². The number of carbonyl (C=O) groups excluding carboxylic acids is 1. The molecule has 4 N–H and O–H groups in total. The van der Waals surface area contributed by atoms with E-state index in [9.17, 15) is 9.90 Å². The molecule has 6 rings (SSSR count). The first-order valence-electron chi connectivity index (χ1n) is 12.0. The summed E-state index contributed by atoms with van der Waals surface area (Å²) in [5, 5.41) is 23.8. The Bertz CT molecular complexity index is 1370. The van der Waals surface area contributed by atoms with Crippen LogP contribution in [-0.4, -0.2) is 64.6 Å². The van der Waals surface area contributed by atoms with Crippen molar-refractivity contribution in [3.63, 3.8) is 0 Å². The molecular formula is C26H29N7O4. The van der Waals surface area contributed by atoms with E-state index >= 15 is 0 Å². The summed E-state index contributed by atoms with van der Waals surface area (Å²) >= 11 is 0. The zero-order chi connectivity index (χ0) is 25.8. The quantitative estimate of drug-likeness (QED) is 0.299. The first-order valence-corrected chi connectivity index (χ1v) is 12.0. The normalized spacial score (nSPS) is 14.8. The van der Waals surface area contributed by atoms with Gasteiger partial charge in [-0.2, -0.15) is 5.10 Å². The number of nitrogens with one attached hydrogen (secondary N) is 3. The number of H-pyrrole nitrogens is 1. The van der Waals surface area contributed by atoms with Gasteiger partial charge in [0.2, 0.25) is 11.7 Å². The number of aliphatic hydroxyl groups is 1. The molecule has 0 atom stereocenters. The molecule has 4 aromatic rings. The van der Waals surface area contributed by atoms with Crippen molar-refractivity contribution in [2.75, 3.05) is 42.8 Å². The zero-order valence-corrected chi connectivity index (χ0v) is 20.6. The van der Waals surface area contributed by atoms with E-state index in [1.807, 2.05) is 53.4 Å². The Hall–Kier alpha value is -4.38. The van der Waals surface area contributed by atoms with Crippen molar-refractivity contribution in [1.29, 1.82) is 0 Å². The second kappa shape index (κ2) is 10.7. The average molecular weight is 504 g/mol. The maximum atomic E-state index is 11.4. The predicted molar refractivity (Wildman–Crippen MR) is 141 cm³/mol. The van der Waals surface area contributed by atoms with Crippen LogP contribution < -0.4 is 25.0 Å². The molecule has 1 amide bonds. The Balaban J connectivity index is 0.000000171. The molecule has 11 heteroatoms. The Morgan fingerprint density at radius 2 is 1.78 bits per heavy atom. The van der Waals surface area contributed by atoms with Gasteiger partial charge in [0.1, 0.15) is 12.1 Å². The second-order valence-corrected chi connectivity index (χ2v) is 8.87. The third-order valence-corrected chi connectivity index (χ3v) is 6.16. The Kier molecular flexibility index (Phi) is 7.04. The minimum atomic E-state index is -0.318. The average Bonchev–Trinajstić information content (AvgIpc) is 3.69. The number of benzene rings is 2. The highest BCUT2D eigenvalue weighted by Crippen LogP contribution is 2.36. The lowest BCUT2D eigenvalue weighted by Crippen LogP contribution is -2.51. The number of rotatable bonds is 7. The van der Waals surface area contributed by atoms with E-state index < -0.39 is 0 Å². The topological polar surface area (TPSA) is 138 Å². The number of aromatic amines is 1. The van der Waals surface area contributed by atoms with E-state index in [1.165, 1.54) is 6.33 Å². The fourth-order valence-corrected chi connectivity index (χ4v) is 3.93. The summed E-state index contributed by atoms with van der Waals surface area (Å²) in [7, 11) is 3.20.